The number of hydrogen-bond donors (Lipinski definition) is 7. The van der Waals surface area contributed by atoms with Crippen molar-refractivity contribution in [3.8, 4) is 0 Å². The van der Waals surface area contributed by atoms with Crippen molar-refractivity contribution >= 4 is 30.0 Å². The van der Waals surface area contributed by atoms with Crippen LogP contribution in [0.3, 0.4) is 0 Å². The Morgan fingerprint density at radius 1 is 0.966 bits per heavy atom. The maximum atomic E-state index is 14.2. The molecule has 2 unspecified atom stereocenters. The van der Waals surface area contributed by atoms with E-state index in [0.717, 1.165) is 13.8 Å². The second-order valence-corrected chi connectivity index (χ2v) is 17.8. The standard InChI is InChI=1S/C41H57NO17/c1-19-24(56-35(51)29(48)28(23(46)17-43)42-36(52)59-37(4,5)6)16-41(53)33(57-34(50)22-13-11-10-12-14-22)31-39(9,25(47)15-26-40(31,18-54-26)58-21(3)45)32(49)30(55-20(2)44)27(19)38(41,7)8/h10-14,23-26,28-33,43,46-49,53H,15-18H2,1-9H3,(H,42,52)/t23?,24-,25-,26?,28-,29+,30+,31-,32-,33-,39+,40-,41+/m0/s1. The van der Waals surface area contributed by atoms with Gasteiger partial charge in [0.25, 0.3) is 0 Å². The molecule has 1 aromatic rings. The number of aliphatic hydroxyl groups is 6. The first-order valence-electron chi connectivity index (χ1n) is 19.5. The Balaban J connectivity index is 1.72. The summed E-state index contributed by atoms with van der Waals surface area (Å²) in [6.45, 7) is 11.6. The Morgan fingerprint density at radius 2 is 1.59 bits per heavy atom. The highest BCUT2D eigenvalue weighted by Crippen LogP contribution is 2.65. The summed E-state index contributed by atoms with van der Waals surface area (Å²) >= 11 is 0. The summed E-state index contributed by atoms with van der Waals surface area (Å²) in [5.41, 5.74) is -8.56. The van der Waals surface area contributed by atoms with Crippen LogP contribution >= 0.6 is 0 Å². The van der Waals surface area contributed by atoms with Crippen LogP contribution < -0.4 is 5.32 Å². The van der Waals surface area contributed by atoms with Crippen molar-refractivity contribution in [3.63, 3.8) is 0 Å². The van der Waals surface area contributed by atoms with E-state index in [1.807, 2.05) is 0 Å². The zero-order valence-corrected chi connectivity index (χ0v) is 34.7. The van der Waals surface area contributed by atoms with Gasteiger partial charge in [0.15, 0.2) is 17.8 Å². The normalized spacial score (nSPS) is 35.1. The highest BCUT2D eigenvalue weighted by atomic mass is 16.6. The molecule has 1 amide bonds. The number of nitrogens with one attached hydrogen (secondary N) is 1. The fourth-order valence-corrected chi connectivity index (χ4v) is 9.56. The number of hydrogen-bond acceptors (Lipinski definition) is 17. The van der Waals surface area contributed by atoms with Gasteiger partial charge >= 0.3 is 30.0 Å². The van der Waals surface area contributed by atoms with Gasteiger partial charge in [0.1, 0.15) is 41.7 Å². The maximum Gasteiger partial charge on any atom is 0.408 e. The average molecular weight is 836 g/mol. The van der Waals surface area contributed by atoms with Gasteiger partial charge in [0.05, 0.1) is 36.8 Å². The van der Waals surface area contributed by atoms with Gasteiger partial charge in [0, 0.05) is 37.5 Å². The molecular weight excluding hydrogens is 778 g/mol. The van der Waals surface area contributed by atoms with Crippen LogP contribution in [0, 0.1) is 16.7 Å². The lowest BCUT2D eigenvalue weighted by Crippen LogP contribution is -2.82. The van der Waals surface area contributed by atoms with E-state index in [1.165, 1.54) is 26.0 Å². The predicted octanol–water partition coefficient (Wildman–Crippen LogP) is 0.603. The molecule has 0 spiro atoms. The molecule has 18 nitrogen and oxygen atoms in total. The lowest BCUT2D eigenvalue weighted by atomic mass is 9.44. The molecule has 0 radical (unpaired) electrons. The summed E-state index contributed by atoms with van der Waals surface area (Å²) in [4.78, 5) is 66.6. The van der Waals surface area contributed by atoms with Gasteiger partial charge < -0.3 is 64.4 Å². The fraction of sp³-hybridized carbons (Fsp3) is 0.683. The molecule has 7 N–H and O–H groups in total. The van der Waals surface area contributed by atoms with Gasteiger partial charge in [-0.05, 0) is 51.0 Å². The van der Waals surface area contributed by atoms with Crippen molar-refractivity contribution in [1.29, 1.82) is 0 Å². The summed E-state index contributed by atoms with van der Waals surface area (Å²) in [5.74, 6) is -5.57. The lowest BCUT2D eigenvalue weighted by Gasteiger charge is -2.69. The third-order valence-corrected chi connectivity index (χ3v) is 12.5. The number of benzene rings is 1. The smallest absolute Gasteiger partial charge is 0.408 e. The number of carbonyl (C=O) groups is 5. The topological polar surface area (TPSA) is 274 Å². The summed E-state index contributed by atoms with van der Waals surface area (Å²) in [5, 5.41) is 72.0. The van der Waals surface area contributed by atoms with Gasteiger partial charge in [-0.2, -0.15) is 0 Å². The van der Waals surface area contributed by atoms with E-state index in [4.69, 9.17) is 28.4 Å². The van der Waals surface area contributed by atoms with Crippen LogP contribution in [0.15, 0.2) is 41.5 Å². The molecule has 3 aliphatic carbocycles. The van der Waals surface area contributed by atoms with Crippen LogP contribution in [0.5, 0.6) is 0 Å². The zero-order chi connectivity index (χ0) is 44.2. The summed E-state index contributed by atoms with van der Waals surface area (Å²) in [6, 6.07) is 5.87. The van der Waals surface area contributed by atoms with Crippen LogP contribution in [-0.2, 0) is 42.8 Å². The molecule has 18 heteroatoms. The molecule has 1 aliphatic heterocycles. The number of amides is 1. The van der Waals surface area contributed by atoms with E-state index in [1.54, 1.807) is 52.8 Å². The Morgan fingerprint density at radius 3 is 2.12 bits per heavy atom. The Kier molecular flexibility index (Phi) is 12.7. The highest BCUT2D eigenvalue weighted by Gasteiger charge is 2.78. The van der Waals surface area contributed by atoms with Crippen LogP contribution in [0.1, 0.15) is 85.5 Å². The second-order valence-electron chi connectivity index (χ2n) is 17.8. The SMILES string of the molecule is CC(=O)O[C@@H]1C2=C(C)[C@@H](OC(=O)[C@H](O)[C@@H](NC(=O)OC(C)(C)C)C(O)CO)C[C@@](O)([C@@H](OC(=O)c3ccccc3)[C@H]3[C@@](C)([C@@H](O)CC4OC[C@]43OC(C)=O)[C@H]1O)C2(C)C. The average Bonchev–Trinajstić information content (AvgIpc) is 3.13. The minimum Gasteiger partial charge on any atom is -0.456 e. The molecule has 2 saturated carbocycles. The fourth-order valence-electron chi connectivity index (χ4n) is 9.56. The minimum atomic E-state index is -2.42. The molecule has 1 aromatic carbocycles. The van der Waals surface area contributed by atoms with Gasteiger partial charge in [-0.25, -0.2) is 14.4 Å². The molecular formula is C41H57NO17. The van der Waals surface area contributed by atoms with Gasteiger partial charge in [-0.1, -0.05) is 39.0 Å². The molecule has 0 aromatic heterocycles. The minimum absolute atomic E-state index is 0.0150. The van der Waals surface area contributed by atoms with Crippen molar-refractivity contribution in [2.24, 2.45) is 16.7 Å². The first-order valence-corrected chi connectivity index (χ1v) is 19.5. The molecule has 59 heavy (non-hydrogen) atoms. The third kappa shape index (κ3) is 8.07. The number of esters is 4. The Labute approximate surface area is 341 Å². The summed E-state index contributed by atoms with van der Waals surface area (Å²) in [7, 11) is 0. The molecule has 4 aliphatic rings. The molecule has 1 saturated heterocycles. The zero-order valence-electron chi connectivity index (χ0n) is 34.7. The van der Waals surface area contributed by atoms with Gasteiger partial charge in [-0.3, -0.25) is 9.59 Å². The third-order valence-electron chi connectivity index (χ3n) is 12.5. The Hall–Kier alpha value is -4.17. The van der Waals surface area contributed by atoms with Crippen molar-refractivity contribution in [3.05, 3.63) is 47.0 Å². The number of alkyl carbamates (subject to hydrolysis) is 1. The highest BCUT2D eigenvalue weighted by molar-refractivity contribution is 5.89. The largest absolute Gasteiger partial charge is 0.456 e. The molecule has 5 rings (SSSR count). The van der Waals surface area contributed by atoms with Gasteiger partial charge in [-0.15, -0.1) is 0 Å². The number of aliphatic hydroxyl groups excluding tert-OH is 5. The number of ether oxygens (including phenoxy) is 6. The van der Waals surface area contributed by atoms with E-state index >= 15 is 0 Å². The molecule has 3 fully saturated rings. The maximum absolute atomic E-state index is 14.2. The first kappa shape index (κ1) is 45.9. The van der Waals surface area contributed by atoms with Crippen LogP contribution in [0.4, 0.5) is 4.79 Å². The van der Waals surface area contributed by atoms with Crippen molar-refractivity contribution < 1.29 is 83.0 Å². The number of carbonyl (C=O) groups excluding carboxylic acids is 5. The first-order chi connectivity index (χ1) is 27.3. The second kappa shape index (κ2) is 16.4. The van der Waals surface area contributed by atoms with Crippen LogP contribution in [0.25, 0.3) is 0 Å². The molecule has 2 bridgehead atoms. The van der Waals surface area contributed by atoms with E-state index < -0.39 is 131 Å². The molecule has 328 valence electrons. The van der Waals surface area contributed by atoms with Crippen LogP contribution in [0.2, 0.25) is 0 Å². The summed E-state index contributed by atoms with van der Waals surface area (Å²) < 4.78 is 35.2. The van der Waals surface area contributed by atoms with Crippen molar-refractivity contribution in [2.75, 3.05) is 13.2 Å². The van der Waals surface area contributed by atoms with E-state index in [2.05, 4.69) is 5.32 Å². The number of fused-ring (bicyclic) bond motifs is 5. The van der Waals surface area contributed by atoms with Crippen molar-refractivity contribution in [2.45, 2.75) is 147 Å². The van der Waals surface area contributed by atoms with E-state index in [9.17, 15) is 54.6 Å². The molecule has 1 heterocycles. The van der Waals surface area contributed by atoms with E-state index in [0.29, 0.717) is 0 Å². The van der Waals surface area contributed by atoms with Gasteiger partial charge in [0.2, 0.25) is 0 Å². The quantitative estimate of drug-likeness (QED) is 0.0966. The number of rotatable bonds is 10. The van der Waals surface area contributed by atoms with Crippen LogP contribution in [-0.4, -0.2) is 146 Å². The summed E-state index contributed by atoms with van der Waals surface area (Å²) in [6.07, 6.45) is -15.7. The monoisotopic (exact) mass is 835 g/mol. The molecule has 13 atom stereocenters. The Bertz CT molecular complexity index is 1830. The predicted molar refractivity (Wildman–Crippen MR) is 202 cm³/mol. The van der Waals surface area contributed by atoms with Crippen molar-refractivity contribution in [1.82, 2.24) is 5.32 Å². The van der Waals surface area contributed by atoms with E-state index in [-0.39, 0.29) is 29.7 Å². The lowest BCUT2D eigenvalue weighted by molar-refractivity contribution is -0.365.